The van der Waals surface area contributed by atoms with Gasteiger partial charge in [-0.05, 0) is 25.5 Å². The summed E-state index contributed by atoms with van der Waals surface area (Å²) in [6.45, 7) is 4.87. The molecule has 0 fully saturated rings. The molecule has 0 saturated heterocycles. The number of rotatable bonds is 9. The number of nitrogens with one attached hydrogen (secondary N) is 1. The van der Waals surface area contributed by atoms with Crippen molar-refractivity contribution < 1.29 is 17.9 Å². The Balaban J connectivity index is 2.63. The molecule has 6 nitrogen and oxygen atoms in total. The molecule has 1 aromatic carbocycles. The molecule has 0 aliphatic heterocycles. The van der Waals surface area contributed by atoms with E-state index in [4.69, 9.17) is 4.74 Å². The van der Waals surface area contributed by atoms with E-state index in [1.807, 2.05) is 19.9 Å². The van der Waals surface area contributed by atoms with Crippen LogP contribution in [0.2, 0.25) is 0 Å². The van der Waals surface area contributed by atoms with E-state index in [2.05, 4.69) is 5.32 Å². The Morgan fingerprint density at radius 1 is 1.23 bits per heavy atom. The third kappa shape index (κ3) is 6.03. The Kier molecular flexibility index (Phi) is 7.34. The van der Waals surface area contributed by atoms with Crippen LogP contribution in [0.4, 0.5) is 5.69 Å². The second kappa shape index (κ2) is 8.75. The van der Waals surface area contributed by atoms with Crippen LogP contribution in [0.5, 0.6) is 5.75 Å². The highest BCUT2D eigenvalue weighted by atomic mass is 32.2. The highest BCUT2D eigenvalue weighted by molar-refractivity contribution is 7.88. The smallest absolute Gasteiger partial charge is 0.225 e. The summed E-state index contributed by atoms with van der Waals surface area (Å²) in [5, 5.41) is 2.76. The van der Waals surface area contributed by atoms with Crippen LogP contribution in [-0.2, 0) is 14.8 Å². The van der Waals surface area contributed by atoms with Crippen molar-refractivity contribution in [1.82, 2.24) is 4.31 Å². The Bertz CT molecular complexity index is 587. The summed E-state index contributed by atoms with van der Waals surface area (Å²) < 4.78 is 30.0. The summed E-state index contributed by atoms with van der Waals surface area (Å²) in [5.74, 6) is 0.365. The number of carbonyl (C=O) groups is 1. The van der Waals surface area contributed by atoms with Crippen molar-refractivity contribution in [2.24, 2.45) is 0 Å². The molecule has 1 aromatic rings. The van der Waals surface area contributed by atoms with E-state index >= 15 is 0 Å². The highest BCUT2D eigenvalue weighted by Gasteiger charge is 2.17. The summed E-state index contributed by atoms with van der Waals surface area (Å²) in [6, 6.07) is 7.16. The predicted octanol–water partition coefficient (Wildman–Crippen LogP) is 2.09. The van der Waals surface area contributed by atoms with Gasteiger partial charge in [-0.1, -0.05) is 19.1 Å². The lowest BCUT2D eigenvalue weighted by molar-refractivity contribution is -0.116. The summed E-state index contributed by atoms with van der Waals surface area (Å²) in [7, 11) is -3.28. The average Bonchev–Trinajstić information content (AvgIpc) is 2.44. The number of amides is 1. The fraction of sp³-hybridized carbons (Fsp3) is 0.533. The van der Waals surface area contributed by atoms with Gasteiger partial charge in [0, 0.05) is 19.5 Å². The number of ether oxygens (including phenoxy) is 1. The molecule has 0 radical (unpaired) electrons. The molecule has 0 atom stereocenters. The maximum atomic E-state index is 12.0. The van der Waals surface area contributed by atoms with Gasteiger partial charge in [-0.3, -0.25) is 4.79 Å². The maximum Gasteiger partial charge on any atom is 0.225 e. The van der Waals surface area contributed by atoms with Crippen LogP contribution in [0.15, 0.2) is 24.3 Å². The molecule has 0 aliphatic rings. The standard InChI is InChI=1S/C15H24N2O4S/c1-4-11-17(22(3,19)20)12-10-15(18)16-13-8-6-7-9-14(13)21-5-2/h6-9H,4-5,10-12H2,1-3H3,(H,16,18). The Morgan fingerprint density at radius 2 is 1.91 bits per heavy atom. The van der Waals surface area contributed by atoms with E-state index in [0.29, 0.717) is 31.0 Å². The van der Waals surface area contributed by atoms with E-state index in [9.17, 15) is 13.2 Å². The fourth-order valence-corrected chi connectivity index (χ4v) is 2.92. The van der Waals surface area contributed by atoms with Gasteiger partial charge >= 0.3 is 0 Å². The Morgan fingerprint density at radius 3 is 2.50 bits per heavy atom. The average molecular weight is 328 g/mol. The summed E-state index contributed by atoms with van der Waals surface area (Å²) in [6.07, 6.45) is 1.97. The normalized spacial score (nSPS) is 11.5. The fourth-order valence-electron chi connectivity index (χ4n) is 1.98. The highest BCUT2D eigenvalue weighted by Crippen LogP contribution is 2.23. The van der Waals surface area contributed by atoms with Gasteiger partial charge in [0.2, 0.25) is 15.9 Å². The zero-order chi connectivity index (χ0) is 16.6. The largest absolute Gasteiger partial charge is 0.492 e. The molecule has 0 unspecified atom stereocenters. The van der Waals surface area contributed by atoms with E-state index < -0.39 is 10.0 Å². The SMILES string of the molecule is CCCN(CCC(=O)Nc1ccccc1OCC)S(C)(=O)=O. The lowest BCUT2D eigenvalue weighted by Crippen LogP contribution is -2.33. The molecule has 0 saturated carbocycles. The van der Waals surface area contributed by atoms with Gasteiger partial charge in [0.25, 0.3) is 0 Å². The number of nitrogens with zero attached hydrogens (tertiary/aromatic N) is 1. The van der Waals surface area contributed by atoms with Gasteiger partial charge in [-0.15, -0.1) is 0 Å². The minimum Gasteiger partial charge on any atom is -0.492 e. The van der Waals surface area contributed by atoms with Crippen LogP contribution in [-0.4, -0.2) is 44.6 Å². The molecule has 0 aliphatic carbocycles. The van der Waals surface area contributed by atoms with Gasteiger partial charge in [-0.2, -0.15) is 0 Å². The summed E-state index contributed by atoms with van der Waals surface area (Å²) >= 11 is 0. The van der Waals surface area contributed by atoms with Crippen LogP contribution < -0.4 is 10.1 Å². The zero-order valence-electron chi connectivity index (χ0n) is 13.3. The van der Waals surface area contributed by atoms with Crippen molar-refractivity contribution in [1.29, 1.82) is 0 Å². The molecule has 0 heterocycles. The topological polar surface area (TPSA) is 75.7 Å². The molecule has 1 rings (SSSR count). The molecule has 7 heteroatoms. The van der Waals surface area contributed by atoms with Crippen LogP contribution in [0.3, 0.4) is 0 Å². The number of hydrogen-bond donors (Lipinski definition) is 1. The van der Waals surface area contributed by atoms with Crippen molar-refractivity contribution in [3.8, 4) is 5.75 Å². The first-order valence-corrected chi connectivity index (χ1v) is 9.20. The second-order valence-corrected chi connectivity index (χ2v) is 6.87. The number of hydrogen-bond acceptors (Lipinski definition) is 4. The maximum absolute atomic E-state index is 12.0. The molecule has 0 aromatic heterocycles. The quantitative estimate of drug-likeness (QED) is 0.753. The van der Waals surface area contributed by atoms with Crippen molar-refractivity contribution in [2.45, 2.75) is 26.7 Å². The van der Waals surface area contributed by atoms with Crippen LogP contribution in [0.25, 0.3) is 0 Å². The molecule has 124 valence electrons. The van der Waals surface area contributed by atoms with E-state index in [-0.39, 0.29) is 18.9 Å². The third-order valence-corrected chi connectivity index (χ3v) is 4.29. The first-order valence-electron chi connectivity index (χ1n) is 7.35. The third-order valence-electron chi connectivity index (χ3n) is 2.99. The van der Waals surface area contributed by atoms with Crippen molar-refractivity contribution in [3.05, 3.63) is 24.3 Å². The molecular weight excluding hydrogens is 304 g/mol. The number of sulfonamides is 1. The van der Waals surface area contributed by atoms with E-state index in [1.54, 1.807) is 18.2 Å². The second-order valence-electron chi connectivity index (χ2n) is 4.89. The first-order chi connectivity index (χ1) is 10.4. The van der Waals surface area contributed by atoms with Gasteiger partial charge in [0.05, 0.1) is 18.6 Å². The summed E-state index contributed by atoms with van der Waals surface area (Å²) in [5.41, 5.74) is 0.593. The van der Waals surface area contributed by atoms with Gasteiger partial charge in [0.1, 0.15) is 5.75 Å². The molecule has 0 spiro atoms. The van der Waals surface area contributed by atoms with Crippen LogP contribution in [0, 0.1) is 0 Å². The summed E-state index contributed by atoms with van der Waals surface area (Å²) in [4.78, 5) is 12.0. The number of benzene rings is 1. The molecule has 1 N–H and O–H groups in total. The molecule has 1 amide bonds. The predicted molar refractivity (Wildman–Crippen MR) is 87.6 cm³/mol. The first kappa shape index (κ1) is 18.4. The molecule has 22 heavy (non-hydrogen) atoms. The Labute approximate surface area is 132 Å². The van der Waals surface area contributed by atoms with E-state index in [0.717, 1.165) is 6.26 Å². The number of para-hydroxylation sites is 2. The lowest BCUT2D eigenvalue weighted by atomic mass is 10.2. The van der Waals surface area contributed by atoms with Crippen LogP contribution in [0.1, 0.15) is 26.7 Å². The van der Waals surface area contributed by atoms with Gasteiger partial charge in [-0.25, -0.2) is 12.7 Å². The lowest BCUT2D eigenvalue weighted by Gasteiger charge is -2.19. The van der Waals surface area contributed by atoms with Gasteiger partial charge in [0.15, 0.2) is 0 Å². The van der Waals surface area contributed by atoms with Crippen molar-refractivity contribution in [3.63, 3.8) is 0 Å². The van der Waals surface area contributed by atoms with Crippen molar-refractivity contribution in [2.75, 3.05) is 31.3 Å². The van der Waals surface area contributed by atoms with Crippen LogP contribution >= 0.6 is 0 Å². The molecular formula is C15H24N2O4S. The zero-order valence-corrected chi connectivity index (χ0v) is 14.1. The minimum absolute atomic E-state index is 0.105. The van der Waals surface area contributed by atoms with Crippen molar-refractivity contribution >= 4 is 21.6 Å². The minimum atomic E-state index is -3.28. The van der Waals surface area contributed by atoms with E-state index in [1.165, 1.54) is 4.31 Å². The number of anilines is 1. The Hall–Kier alpha value is -1.60. The number of carbonyl (C=O) groups excluding carboxylic acids is 1. The monoisotopic (exact) mass is 328 g/mol. The van der Waals surface area contributed by atoms with Gasteiger partial charge < -0.3 is 10.1 Å². The molecule has 0 bridgehead atoms.